The lowest BCUT2D eigenvalue weighted by Crippen LogP contribution is -2.32. The van der Waals surface area contributed by atoms with Crippen molar-refractivity contribution in [3.05, 3.63) is 0 Å². The second-order valence-electron chi connectivity index (χ2n) is 4.81. The molecule has 1 aliphatic heterocycles. The molecule has 0 spiro atoms. The highest BCUT2D eigenvalue weighted by Crippen LogP contribution is 2.34. The molecule has 3 nitrogen and oxygen atoms in total. The molecule has 0 aromatic rings. The van der Waals surface area contributed by atoms with Gasteiger partial charge in [0.25, 0.3) is 0 Å². The molecule has 0 saturated carbocycles. The SMILES string of the molecule is CCCN1C(=O)CC(SC(C)(C)C)C1=O. The van der Waals surface area contributed by atoms with Crippen LogP contribution < -0.4 is 0 Å². The lowest BCUT2D eigenvalue weighted by molar-refractivity contribution is -0.138. The van der Waals surface area contributed by atoms with Crippen molar-refractivity contribution in [1.29, 1.82) is 0 Å². The highest BCUT2D eigenvalue weighted by atomic mass is 32.2. The quantitative estimate of drug-likeness (QED) is 0.695. The predicted molar refractivity (Wildman–Crippen MR) is 62.8 cm³/mol. The monoisotopic (exact) mass is 229 g/mol. The van der Waals surface area contributed by atoms with Gasteiger partial charge in [-0.1, -0.05) is 27.7 Å². The average molecular weight is 229 g/mol. The van der Waals surface area contributed by atoms with Crippen molar-refractivity contribution in [2.24, 2.45) is 0 Å². The third-order valence-electron chi connectivity index (χ3n) is 2.15. The molecule has 15 heavy (non-hydrogen) atoms. The normalized spacial score (nSPS) is 22.7. The largest absolute Gasteiger partial charge is 0.282 e. The average Bonchev–Trinajstić information content (AvgIpc) is 2.30. The molecule has 0 aliphatic carbocycles. The van der Waals surface area contributed by atoms with Gasteiger partial charge in [0, 0.05) is 17.7 Å². The molecule has 0 aromatic heterocycles. The van der Waals surface area contributed by atoms with Crippen LogP contribution in [-0.4, -0.2) is 33.3 Å². The summed E-state index contributed by atoms with van der Waals surface area (Å²) in [6, 6.07) is 0. The lowest BCUT2D eigenvalue weighted by atomic mass is 10.3. The minimum atomic E-state index is -0.163. The van der Waals surface area contributed by atoms with E-state index in [0.29, 0.717) is 13.0 Å². The van der Waals surface area contributed by atoms with Crippen LogP contribution in [0.5, 0.6) is 0 Å². The number of amides is 2. The van der Waals surface area contributed by atoms with Gasteiger partial charge in [0.2, 0.25) is 11.8 Å². The Hall–Kier alpha value is -0.510. The summed E-state index contributed by atoms with van der Waals surface area (Å²) in [6.07, 6.45) is 1.21. The molecule has 2 amide bonds. The molecule has 1 heterocycles. The smallest absolute Gasteiger partial charge is 0.242 e. The van der Waals surface area contributed by atoms with Gasteiger partial charge < -0.3 is 0 Å². The number of hydrogen-bond donors (Lipinski definition) is 0. The van der Waals surface area contributed by atoms with Gasteiger partial charge in [0.1, 0.15) is 0 Å². The van der Waals surface area contributed by atoms with Crippen LogP contribution in [0.25, 0.3) is 0 Å². The lowest BCUT2D eigenvalue weighted by Gasteiger charge is -2.21. The predicted octanol–water partition coefficient (Wildman–Crippen LogP) is 2.06. The Morgan fingerprint density at radius 1 is 1.40 bits per heavy atom. The van der Waals surface area contributed by atoms with Gasteiger partial charge in [-0.05, 0) is 6.42 Å². The minimum Gasteiger partial charge on any atom is -0.282 e. The topological polar surface area (TPSA) is 37.4 Å². The first kappa shape index (κ1) is 12.6. The van der Waals surface area contributed by atoms with Gasteiger partial charge in [-0.15, -0.1) is 11.8 Å². The molecule has 1 fully saturated rings. The number of hydrogen-bond acceptors (Lipinski definition) is 3. The van der Waals surface area contributed by atoms with Crippen molar-refractivity contribution in [2.45, 2.75) is 50.5 Å². The Morgan fingerprint density at radius 3 is 2.47 bits per heavy atom. The van der Waals surface area contributed by atoms with Crippen molar-refractivity contribution in [3.8, 4) is 0 Å². The summed E-state index contributed by atoms with van der Waals surface area (Å²) < 4.78 is 0.0306. The summed E-state index contributed by atoms with van der Waals surface area (Å²) in [6.45, 7) is 8.75. The van der Waals surface area contributed by atoms with Gasteiger partial charge in [0.15, 0.2) is 0 Å². The van der Waals surface area contributed by atoms with Crippen LogP contribution >= 0.6 is 11.8 Å². The van der Waals surface area contributed by atoms with Crippen molar-refractivity contribution in [1.82, 2.24) is 4.90 Å². The van der Waals surface area contributed by atoms with Crippen LogP contribution in [0.2, 0.25) is 0 Å². The molecule has 0 N–H and O–H groups in total. The molecule has 0 aromatic carbocycles. The van der Waals surface area contributed by atoms with E-state index in [1.54, 1.807) is 11.8 Å². The number of carbonyl (C=O) groups is 2. The van der Waals surface area contributed by atoms with Crippen LogP contribution in [0.3, 0.4) is 0 Å². The van der Waals surface area contributed by atoms with Crippen LogP contribution in [0.1, 0.15) is 40.5 Å². The summed E-state index contributed by atoms with van der Waals surface area (Å²) in [4.78, 5) is 24.8. The van der Waals surface area contributed by atoms with E-state index in [4.69, 9.17) is 0 Å². The van der Waals surface area contributed by atoms with Gasteiger partial charge in [-0.2, -0.15) is 0 Å². The van der Waals surface area contributed by atoms with E-state index in [2.05, 4.69) is 20.8 Å². The summed E-state index contributed by atoms with van der Waals surface area (Å²) >= 11 is 1.59. The van der Waals surface area contributed by atoms with E-state index < -0.39 is 0 Å². The summed E-state index contributed by atoms with van der Waals surface area (Å²) in [5.74, 6) is -0.00891. The second-order valence-corrected chi connectivity index (χ2v) is 6.84. The number of thioether (sulfide) groups is 1. The standard InChI is InChI=1S/C11H19NO2S/c1-5-6-12-9(13)7-8(10(12)14)15-11(2,3)4/h8H,5-7H2,1-4H3. The number of carbonyl (C=O) groups excluding carboxylic acids is 2. The van der Waals surface area contributed by atoms with E-state index in [0.717, 1.165) is 6.42 Å². The third-order valence-corrected chi connectivity index (χ3v) is 3.51. The van der Waals surface area contributed by atoms with Crippen LogP contribution in [0.4, 0.5) is 0 Å². The summed E-state index contributed by atoms with van der Waals surface area (Å²) in [5.41, 5.74) is 0. The molecule has 1 atom stereocenters. The van der Waals surface area contributed by atoms with Crippen molar-refractivity contribution in [2.75, 3.05) is 6.54 Å². The zero-order valence-corrected chi connectivity index (χ0v) is 10.7. The Balaban J connectivity index is 2.65. The molecule has 0 radical (unpaired) electrons. The first-order valence-electron chi connectivity index (χ1n) is 5.37. The molecule has 86 valence electrons. The van der Waals surface area contributed by atoms with Gasteiger partial charge in [-0.25, -0.2) is 0 Å². The van der Waals surface area contributed by atoms with Gasteiger partial charge in [0.05, 0.1) is 5.25 Å². The van der Waals surface area contributed by atoms with Crippen molar-refractivity contribution >= 4 is 23.6 Å². The highest BCUT2D eigenvalue weighted by molar-refractivity contribution is 8.01. The number of likely N-dealkylation sites (tertiary alicyclic amines) is 1. The zero-order chi connectivity index (χ0) is 11.6. The maximum absolute atomic E-state index is 11.9. The molecule has 0 bridgehead atoms. The van der Waals surface area contributed by atoms with Crippen molar-refractivity contribution in [3.63, 3.8) is 0 Å². The number of rotatable bonds is 3. The maximum atomic E-state index is 11.9. The molecule has 1 aliphatic rings. The molecule has 4 heteroatoms. The van der Waals surface area contributed by atoms with Gasteiger partial charge in [-0.3, -0.25) is 14.5 Å². The van der Waals surface area contributed by atoms with Gasteiger partial charge >= 0.3 is 0 Å². The maximum Gasteiger partial charge on any atom is 0.242 e. The Morgan fingerprint density at radius 2 is 2.00 bits per heavy atom. The van der Waals surface area contributed by atoms with E-state index in [1.807, 2.05) is 6.92 Å². The Bertz CT molecular complexity index is 270. The van der Waals surface area contributed by atoms with E-state index in [9.17, 15) is 9.59 Å². The fourth-order valence-corrected chi connectivity index (χ4v) is 2.94. The first-order chi connectivity index (χ1) is 6.85. The molecule has 1 unspecified atom stereocenters. The highest BCUT2D eigenvalue weighted by Gasteiger charge is 2.40. The van der Waals surface area contributed by atoms with Crippen LogP contribution in [0, 0.1) is 0 Å². The Labute approximate surface area is 95.6 Å². The summed E-state index contributed by atoms with van der Waals surface area (Å²) in [5, 5.41) is -0.163. The second kappa shape index (κ2) is 4.56. The zero-order valence-electron chi connectivity index (χ0n) is 9.87. The van der Waals surface area contributed by atoms with Crippen LogP contribution in [0.15, 0.2) is 0 Å². The van der Waals surface area contributed by atoms with Crippen molar-refractivity contribution < 1.29 is 9.59 Å². The number of imide groups is 1. The molecule has 1 saturated heterocycles. The molecular formula is C11H19NO2S. The summed E-state index contributed by atoms with van der Waals surface area (Å²) in [7, 11) is 0. The molecule has 1 rings (SSSR count). The van der Waals surface area contributed by atoms with Crippen LogP contribution in [-0.2, 0) is 9.59 Å². The first-order valence-corrected chi connectivity index (χ1v) is 6.25. The Kier molecular flexibility index (Phi) is 3.82. The fraction of sp³-hybridized carbons (Fsp3) is 0.818. The van der Waals surface area contributed by atoms with E-state index in [-0.39, 0.29) is 21.8 Å². The molecular weight excluding hydrogens is 210 g/mol. The fourth-order valence-electron chi connectivity index (χ4n) is 1.63. The third kappa shape index (κ3) is 3.23. The van der Waals surface area contributed by atoms with E-state index >= 15 is 0 Å². The van der Waals surface area contributed by atoms with E-state index in [1.165, 1.54) is 4.90 Å². The number of nitrogens with zero attached hydrogens (tertiary/aromatic N) is 1. The minimum absolute atomic E-state index is 0.00164.